The zero-order valence-electron chi connectivity index (χ0n) is 22.3. The Bertz CT molecular complexity index is 1370. The number of Topliss-reactive ketones (excluding diaryl/α,β-unsaturated/α-hetero) is 2. The molecule has 6 N–H and O–H groups in total. The van der Waals surface area contributed by atoms with Gasteiger partial charge < -0.3 is 35.8 Å². The van der Waals surface area contributed by atoms with E-state index in [9.17, 15) is 39.6 Å². The number of amides is 2. The van der Waals surface area contributed by atoms with Gasteiger partial charge in [0.05, 0.1) is 24.8 Å². The van der Waals surface area contributed by atoms with E-state index in [0.717, 1.165) is 5.56 Å². The number of aliphatic hydroxyl groups is 3. The Morgan fingerprint density at radius 3 is 2.45 bits per heavy atom. The summed E-state index contributed by atoms with van der Waals surface area (Å²) in [5.74, 6) is -6.94. The summed E-state index contributed by atoms with van der Waals surface area (Å²) < 4.78 is 5.30. The summed E-state index contributed by atoms with van der Waals surface area (Å²) in [7, 11) is 3.10. The van der Waals surface area contributed by atoms with Gasteiger partial charge in [-0.2, -0.15) is 0 Å². The number of hydrogen-bond acceptors (Lipinski definition) is 10. The van der Waals surface area contributed by atoms with Gasteiger partial charge in [-0.25, -0.2) is 0 Å². The van der Waals surface area contributed by atoms with Gasteiger partial charge >= 0.3 is 0 Å². The number of carbonyl (C=O) groups excluding carboxylic acids is 4. The van der Waals surface area contributed by atoms with Crippen LogP contribution in [0.2, 0.25) is 0 Å². The number of primary amides is 1. The summed E-state index contributed by atoms with van der Waals surface area (Å²) in [5.41, 5.74) is 2.92. The van der Waals surface area contributed by atoms with Crippen molar-refractivity contribution >= 4 is 29.1 Å². The van der Waals surface area contributed by atoms with E-state index in [1.165, 1.54) is 11.0 Å². The number of fused-ring (bicyclic) bond motifs is 3. The molecule has 0 spiro atoms. The third-order valence-corrected chi connectivity index (χ3v) is 8.67. The van der Waals surface area contributed by atoms with E-state index < -0.39 is 58.0 Å². The number of likely N-dealkylation sites (N-methyl/N-ethyl adjacent to an activating group) is 1. The molecule has 1 saturated carbocycles. The minimum absolute atomic E-state index is 0.00751. The highest BCUT2D eigenvalue weighted by molar-refractivity contribution is 6.24. The number of phenolic OH excluding ortho intramolecular Hbond substituents is 1. The molecule has 4 atom stereocenters. The van der Waals surface area contributed by atoms with Gasteiger partial charge in [0.25, 0.3) is 5.91 Å². The zero-order valence-corrected chi connectivity index (χ0v) is 22.3. The van der Waals surface area contributed by atoms with Gasteiger partial charge in [-0.3, -0.25) is 24.1 Å². The zero-order chi connectivity index (χ0) is 29.1. The molecule has 4 aliphatic rings. The van der Waals surface area contributed by atoms with E-state index in [2.05, 4.69) is 0 Å². The second-order valence-electron chi connectivity index (χ2n) is 11.1. The molecule has 0 bridgehead atoms. The molecule has 2 unspecified atom stereocenters. The van der Waals surface area contributed by atoms with E-state index in [4.69, 9.17) is 10.5 Å². The van der Waals surface area contributed by atoms with E-state index >= 15 is 0 Å². The van der Waals surface area contributed by atoms with Crippen LogP contribution in [0.4, 0.5) is 0 Å². The molecule has 40 heavy (non-hydrogen) atoms. The Kier molecular flexibility index (Phi) is 6.97. The summed E-state index contributed by atoms with van der Waals surface area (Å²) in [6.45, 7) is 1.98. The number of nitrogens with zero attached hydrogens (tertiary/aromatic N) is 2. The summed E-state index contributed by atoms with van der Waals surface area (Å²) in [6.07, 6.45) is 0.726. The largest absolute Gasteiger partial charge is 0.508 e. The quantitative estimate of drug-likeness (QED) is 0.303. The van der Waals surface area contributed by atoms with Crippen molar-refractivity contribution in [2.75, 3.05) is 40.4 Å². The average Bonchev–Trinajstić information content (AvgIpc) is 2.90. The molecule has 1 aromatic carbocycles. The molecule has 2 amide bonds. The first kappa shape index (κ1) is 27.8. The first-order valence-electron chi connectivity index (χ1n) is 13.2. The van der Waals surface area contributed by atoms with Gasteiger partial charge in [0.15, 0.2) is 11.4 Å². The SMILES string of the molecule is CN(C)[C@@H]1C(=O)C(C(N)=O)=C(O)[C@@]2(O)C(=O)C3=C(O)c4c(O)ccc(CCC(=O)N5CCOCC5)c4CC3CC12. The van der Waals surface area contributed by atoms with E-state index in [-0.39, 0.29) is 42.1 Å². The van der Waals surface area contributed by atoms with Gasteiger partial charge in [0.1, 0.15) is 22.8 Å². The fourth-order valence-electron chi connectivity index (χ4n) is 6.75. The monoisotopic (exact) mass is 555 g/mol. The Labute approximate surface area is 230 Å². The van der Waals surface area contributed by atoms with Crippen LogP contribution in [0.1, 0.15) is 29.5 Å². The number of rotatable bonds is 5. The molecule has 12 heteroatoms. The van der Waals surface area contributed by atoms with Crippen molar-refractivity contribution in [3.05, 3.63) is 45.7 Å². The Balaban J connectivity index is 1.56. The minimum atomic E-state index is -2.68. The summed E-state index contributed by atoms with van der Waals surface area (Å²) >= 11 is 0. The first-order chi connectivity index (χ1) is 18.9. The topological polar surface area (TPSA) is 191 Å². The van der Waals surface area contributed by atoms with Gasteiger partial charge in [-0.05, 0) is 56.5 Å². The van der Waals surface area contributed by atoms with Crippen molar-refractivity contribution in [1.29, 1.82) is 0 Å². The number of morpholine rings is 1. The number of aromatic hydroxyl groups is 1. The predicted octanol–water partition coefficient (Wildman–Crippen LogP) is -0.245. The third-order valence-electron chi connectivity index (χ3n) is 8.67. The van der Waals surface area contributed by atoms with E-state index in [1.54, 1.807) is 25.1 Å². The van der Waals surface area contributed by atoms with Crippen LogP contribution >= 0.6 is 0 Å². The molecule has 2 fully saturated rings. The summed E-state index contributed by atoms with van der Waals surface area (Å²) in [4.78, 5) is 55.1. The number of nitrogens with two attached hydrogens (primary N) is 1. The molecule has 0 radical (unpaired) electrons. The van der Waals surface area contributed by atoms with Crippen LogP contribution in [0.3, 0.4) is 0 Å². The van der Waals surface area contributed by atoms with E-state index in [0.29, 0.717) is 38.3 Å². The van der Waals surface area contributed by atoms with E-state index in [1.807, 2.05) is 0 Å². The smallest absolute Gasteiger partial charge is 0.255 e. The van der Waals surface area contributed by atoms with Crippen molar-refractivity contribution in [1.82, 2.24) is 9.80 Å². The number of ketones is 2. The molecule has 1 aliphatic heterocycles. The lowest BCUT2D eigenvalue weighted by Crippen LogP contribution is -2.65. The van der Waals surface area contributed by atoms with Crippen molar-refractivity contribution < 1.29 is 44.3 Å². The second-order valence-corrected chi connectivity index (χ2v) is 11.1. The Morgan fingerprint density at radius 2 is 1.82 bits per heavy atom. The number of phenols is 1. The minimum Gasteiger partial charge on any atom is -0.508 e. The maximum absolute atomic E-state index is 13.9. The predicted molar refractivity (Wildman–Crippen MR) is 140 cm³/mol. The average molecular weight is 556 g/mol. The van der Waals surface area contributed by atoms with Crippen LogP contribution in [0.5, 0.6) is 5.75 Å². The Hall–Kier alpha value is -3.74. The highest BCUT2D eigenvalue weighted by atomic mass is 16.5. The molecular formula is C28H33N3O9. The van der Waals surface area contributed by atoms with Crippen molar-refractivity contribution in [3.8, 4) is 5.75 Å². The Morgan fingerprint density at radius 1 is 1.15 bits per heavy atom. The normalized spacial score (nSPS) is 28.4. The first-order valence-corrected chi connectivity index (χ1v) is 13.2. The standard InChI is InChI=1S/C28H33N3O9/c1-30(2)22-16-12-14-11-15-13(4-6-18(33)31-7-9-40-10-8-31)3-5-17(32)20(15)23(34)19(14)25(36)28(16,39)26(37)21(24(22)35)27(29)38/h3,5,14,16,22,32,34,37,39H,4,6-12H2,1-2H3,(H2,29,38)/t14?,16?,22-,28-/m0/s1. The molecule has 3 aliphatic carbocycles. The number of benzene rings is 1. The molecular weight excluding hydrogens is 522 g/mol. The fourth-order valence-corrected chi connectivity index (χ4v) is 6.75. The molecule has 1 aromatic rings. The maximum Gasteiger partial charge on any atom is 0.255 e. The number of aliphatic hydroxyl groups excluding tert-OH is 2. The van der Waals surface area contributed by atoms with Crippen molar-refractivity contribution in [3.63, 3.8) is 0 Å². The van der Waals surface area contributed by atoms with Crippen LogP contribution in [0.25, 0.3) is 5.76 Å². The lowest BCUT2D eigenvalue weighted by molar-refractivity contribution is -0.153. The lowest BCUT2D eigenvalue weighted by atomic mass is 9.57. The molecule has 5 rings (SSSR count). The summed E-state index contributed by atoms with van der Waals surface area (Å²) in [5, 5.41) is 44.6. The molecule has 0 aromatic heterocycles. The molecule has 12 nitrogen and oxygen atoms in total. The van der Waals surface area contributed by atoms with Gasteiger partial charge in [-0.15, -0.1) is 0 Å². The second kappa shape index (κ2) is 10.0. The highest BCUT2D eigenvalue weighted by Gasteiger charge is 2.64. The fraction of sp³-hybridized carbons (Fsp3) is 0.500. The molecule has 1 heterocycles. The number of aryl methyl sites for hydroxylation is 1. The van der Waals surface area contributed by atoms with Gasteiger partial charge in [0.2, 0.25) is 11.7 Å². The van der Waals surface area contributed by atoms with Crippen LogP contribution in [0.15, 0.2) is 29.0 Å². The van der Waals surface area contributed by atoms with Crippen LogP contribution in [-0.4, -0.2) is 106 Å². The van der Waals surface area contributed by atoms with Crippen molar-refractivity contribution in [2.45, 2.75) is 37.3 Å². The number of ether oxygens (including phenoxy) is 1. The molecule has 214 valence electrons. The third kappa shape index (κ3) is 4.09. The van der Waals surface area contributed by atoms with Crippen LogP contribution < -0.4 is 5.73 Å². The number of hydrogen-bond donors (Lipinski definition) is 5. The summed E-state index contributed by atoms with van der Waals surface area (Å²) in [6, 6.07) is 1.91. The number of carbonyl (C=O) groups is 4. The van der Waals surface area contributed by atoms with Gasteiger partial charge in [-0.1, -0.05) is 6.07 Å². The maximum atomic E-state index is 13.9. The van der Waals surface area contributed by atoms with Gasteiger partial charge in [0, 0.05) is 31.0 Å². The lowest BCUT2D eigenvalue weighted by Gasteiger charge is -2.50. The van der Waals surface area contributed by atoms with Crippen LogP contribution in [0, 0.1) is 11.8 Å². The highest BCUT2D eigenvalue weighted by Crippen LogP contribution is 2.53. The molecule has 1 saturated heterocycles. The van der Waals surface area contributed by atoms with Crippen molar-refractivity contribution in [2.24, 2.45) is 17.6 Å². The van der Waals surface area contributed by atoms with Crippen LogP contribution in [-0.2, 0) is 36.8 Å².